The first-order chi connectivity index (χ1) is 6.26. The normalized spacial score (nSPS) is 10.5. The van der Waals surface area contributed by atoms with Gasteiger partial charge in [-0.05, 0) is 0 Å². The van der Waals surface area contributed by atoms with Crippen LogP contribution in [0.1, 0.15) is 0 Å². The predicted molar refractivity (Wildman–Crippen MR) is 57.7 cm³/mol. The van der Waals surface area contributed by atoms with E-state index in [1.807, 2.05) is 0 Å². The van der Waals surface area contributed by atoms with E-state index in [1.54, 1.807) is 24.3 Å². The number of carbonyl (C=O) groups excluding carboxylic acids is 1. The molecule has 1 aromatic carbocycles. The third-order valence-electron chi connectivity index (χ3n) is 1.45. The van der Waals surface area contributed by atoms with Crippen LogP contribution in [0.2, 0.25) is 0 Å². The molecule has 0 fully saturated rings. The third kappa shape index (κ3) is 3.41. The first-order valence-electron chi connectivity index (χ1n) is 3.67. The van der Waals surface area contributed by atoms with Gasteiger partial charge in [0.25, 0.3) is 0 Å². The van der Waals surface area contributed by atoms with Gasteiger partial charge in [-0.15, -0.1) is 0 Å². The van der Waals surface area contributed by atoms with Crippen LogP contribution in [-0.2, 0) is 8.53 Å². The van der Waals surface area contributed by atoms with Gasteiger partial charge in [0.15, 0.2) is 0 Å². The number of hydrogen-bond donors (Lipinski definition) is 1. The molecular weight excluding hydrogens is 297 g/mol. The summed E-state index contributed by atoms with van der Waals surface area (Å²) in [6.45, 7) is 0. The Bertz CT molecular complexity index is 312. The Hall–Kier alpha value is -0.472. The summed E-state index contributed by atoms with van der Waals surface area (Å²) in [4.78, 5) is 10.9. The number of benzene rings is 1. The second-order valence-corrected chi connectivity index (χ2v) is 4.88. The Morgan fingerprint density at radius 2 is 2.00 bits per heavy atom. The van der Waals surface area contributed by atoms with Crippen molar-refractivity contribution in [3.8, 4) is 0 Å². The molecule has 0 saturated heterocycles. The number of alkyl halides is 1. The third-order valence-corrected chi connectivity index (χ3v) is 3.34. The van der Waals surface area contributed by atoms with Crippen molar-refractivity contribution < 1.29 is 8.53 Å². The zero-order valence-electron chi connectivity index (χ0n) is 6.79. The maximum absolute atomic E-state index is 10.9. The number of carbonyl (C=O) groups is 1. The van der Waals surface area contributed by atoms with Gasteiger partial charge in [-0.1, -0.05) is 0 Å². The SMILES string of the molecule is O=[AsH2]c1ccc(NC(=O)CBr)cc1. The molecule has 0 saturated carbocycles. The summed E-state index contributed by atoms with van der Waals surface area (Å²) in [6.07, 6.45) is 0. The second-order valence-electron chi connectivity index (χ2n) is 2.42. The van der Waals surface area contributed by atoms with E-state index in [1.165, 1.54) is 0 Å². The van der Waals surface area contributed by atoms with E-state index in [-0.39, 0.29) is 11.2 Å². The van der Waals surface area contributed by atoms with Gasteiger partial charge < -0.3 is 0 Å². The van der Waals surface area contributed by atoms with E-state index in [0.29, 0.717) is 0 Å². The van der Waals surface area contributed by atoms with Gasteiger partial charge in [0, 0.05) is 0 Å². The van der Waals surface area contributed by atoms with Gasteiger partial charge in [-0.3, -0.25) is 0 Å². The molecule has 0 heterocycles. The summed E-state index contributed by atoms with van der Waals surface area (Å²) in [5, 5.41) is 2.96. The Morgan fingerprint density at radius 3 is 2.46 bits per heavy atom. The van der Waals surface area contributed by atoms with Crippen LogP contribution in [0.15, 0.2) is 24.3 Å². The monoisotopic (exact) mass is 305 g/mol. The van der Waals surface area contributed by atoms with Crippen LogP contribution in [-0.4, -0.2) is 26.9 Å². The fourth-order valence-corrected chi connectivity index (χ4v) is 1.71. The van der Waals surface area contributed by atoms with Crippen LogP contribution in [0.4, 0.5) is 5.69 Å². The summed E-state index contributed by atoms with van der Waals surface area (Å²) in [7, 11) is 0. The topological polar surface area (TPSA) is 46.2 Å². The predicted octanol–water partition coefficient (Wildman–Crippen LogP) is 0.160. The Kier molecular flexibility index (Phi) is 4.32. The van der Waals surface area contributed by atoms with Crippen molar-refractivity contribution in [3.63, 3.8) is 0 Å². The molecule has 5 heteroatoms. The molecule has 1 unspecified atom stereocenters. The van der Waals surface area contributed by atoms with Gasteiger partial charge in [0.1, 0.15) is 0 Å². The van der Waals surface area contributed by atoms with E-state index in [4.69, 9.17) is 0 Å². The maximum atomic E-state index is 10.9. The Labute approximate surface area is 90.9 Å². The molecule has 0 spiro atoms. The standard InChI is InChI=1S/C8H9AsBrNO2/c10-5-8(12)11-7-3-1-6(9-13)2-4-7/h1-4H,5,9H2,(H,11,12). The number of amides is 1. The van der Waals surface area contributed by atoms with Gasteiger partial charge in [0.05, 0.1) is 0 Å². The van der Waals surface area contributed by atoms with E-state index >= 15 is 0 Å². The molecule has 0 aliphatic heterocycles. The molecule has 13 heavy (non-hydrogen) atoms. The van der Waals surface area contributed by atoms with E-state index in [2.05, 4.69) is 21.2 Å². The average Bonchev–Trinajstić information content (AvgIpc) is 2.19. The number of hydrogen-bond acceptors (Lipinski definition) is 2. The minimum absolute atomic E-state index is 0.0892. The van der Waals surface area contributed by atoms with Crippen LogP contribution < -0.4 is 9.67 Å². The van der Waals surface area contributed by atoms with Crippen LogP contribution in [0.25, 0.3) is 0 Å². The van der Waals surface area contributed by atoms with Crippen LogP contribution in [0.5, 0.6) is 0 Å². The summed E-state index contributed by atoms with van der Waals surface area (Å²) in [6, 6.07) is 7.06. The van der Waals surface area contributed by atoms with Crippen molar-refractivity contribution in [2.45, 2.75) is 0 Å². The molecule has 0 aliphatic rings. The molecule has 70 valence electrons. The second kappa shape index (κ2) is 5.30. The van der Waals surface area contributed by atoms with Crippen molar-refractivity contribution in [3.05, 3.63) is 24.3 Å². The number of halogens is 1. The molecule has 1 atom stereocenters. The minimum atomic E-state index is -1.47. The molecule has 1 aromatic rings. The first-order valence-corrected chi connectivity index (χ1v) is 6.99. The quantitative estimate of drug-likeness (QED) is 0.639. The van der Waals surface area contributed by atoms with Crippen LogP contribution in [0, 0.1) is 0 Å². The number of anilines is 1. The molecule has 0 radical (unpaired) electrons. The van der Waals surface area contributed by atoms with E-state index in [9.17, 15) is 8.53 Å². The number of rotatable bonds is 3. The van der Waals surface area contributed by atoms with E-state index in [0.717, 1.165) is 10.0 Å². The van der Waals surface area contributed by atoms with Gasteiger partial charge in [0.2, 0.25) is 0 Å². The molecule has 3 nitrogen and oxygen atoms in total. The molecule has 1 N–H and O–H groups in total. The summed E-state index contributed by atoms with van der Waals surface area (Å²) in [5.74, 6) is -0.0892. The molecule has 0 bridgehead atoms. The van der Waals surface area contributed by atoms with Gasteiger partial charge >= 0.3 is 91.0 Å². The Morgan fingerprint density at radius 1 is 1.38 bits per heavy atom. The molecule has 0 aromatic heterocycles. The van der Waals surface area contributed by atoms with Crippen LogP contribution >= 0.6 is 15.9 Å². The van der Waals surface area contributed by atoms with Crippen molar-refractivity contribution in [1.29, 1.82) is 0 Å². The fraction of sp³-hybridized carbons (Fsp3) is 0.125. The van der Waals surface area contributed by atoms with Crippen molar-refractivity contribution in [2.24, 2.45) is 0 Å². The fourth-order valence-electron chi connectivity index (χ4n) is 0.839. The molecule has 1 amide bonds. The summed E-state index contributed by atoms with van der Waals surface area (Å²) < 4.78 is 11.5. The molecule has 0 aliphatic carbocycles. The zero-order chi connectivity index (χ0) is 9.68. The zero-order valence-corrected chi connectivity index (χ0v) is 10.8. The number of nitrogens with one attached hydrogen (secondary N) is 1. The van der Waals surface area contributed by atoms with Gasteiger partial charge in [-0.25, -0.2) is 0 Å². The van der Waals surface area contributed by atoms with Crippen molar-refractivity contribution in [1.82, 2.24) is 0 Å². The molecule has 1 rings (SSSR count). The van der Waals surface area contributed by atoms with Crippen LogP contribution in [0.3, 0.4) is 0 Å². The summed E-state index contributed by atoms with van der Waals surface area (Å²) in [5.41, 5.74) is 0.735. The van der Waals surface area contributed by atoms with Gasteiger partial charge in [-0.2, -0.15) is 0 Å². The first kappa shape index (κ1) is 10.6. The summed E-state index contributed by atoms with van der Waals surface area (Å²) >= 11 is 1.58. The molecular formula is C8H9AsBrNO2. The van der Waals surface area contributed by atoms with E-state index < -0.39 is 15.7 Å². The van der Waals surface area contributed by atoms with Crippen molar-refractivity contribution in [2.75, 3.05) is 10.6 Å². The average molecular weight is 306 g/mol. The van der Waals surface area contributed by atoms with Crippen molar-refractivity contribution >= 4 is 47.6 Å². The Balaban J connectivity index is 2.69.